The number of ether oxygens (including phenoxy) is 1. The molecule has 180 valence electrons. The van der Waals surface area contributed by atoms with Crippen molar-refractivity contribution in [3.05, 3.63) is 77.2 Å². The van der Waals surface area contributed by atoms with E-state index in [0.29, 0.717) is 24.9 Å². The Balaban J connectivity index is 1.27. The smallest absolute Gasteiger partial charge is 0.306 e. The molecule has 0 aliphatic heterocycles. The van der Waals surface area contributed by atoms with E-state index in [4.69, 9.17) is 15.0 Å². The van der Waals surface area contributed by atoms with Crippen molar-refractivity contribution in [3.8, 4) is 6.07 Å². The van der Waals surface area contributed by atoms with Gasteiger partial charge in [0.1, 0.15) is 0 Å². The number of carbonyl (C=O) groups excluding carboxylic acids is 2. The minimum absolute atomic E-state index is 0.132. The van der Waals surface area contributed by atoms with Crippen molar-refractivity contribution in [1.82, 2.24) is 19.2 Å². The van der Waals surface area contributed by atoms with E-state index in [1.54, 1.807) is 6.20 Å². The molecule has 0 fully saturated rings. The zero-order valence-electron chi connectivity index (χ0n) is 20.2. The number of benzene rings is 2. The monoisotopic (exact) mass is 479 g/mol. The number of nitriles is 1. The second kappa shape index (κ2) is 9.62. The lowest BCUT2D eigenvalue weighted by Crippen LogP contribution is -2.15. The first-order valence-electron chi connectivity index (χ1n) is 11.8. The van der Waals surface area contributed by atoms with E-state index in [0.717, 1.165) is 44.4 Å². The van der Waals surface area contributed by atoms with Gasteiger partial charge in [0.2, 0.25) is 5.78 Å². The van der Waals surface area contributed by atoms with Gasteiger partial charge in [0.15, 0.2) is 12.3 Å². The molecule has 8 heteroatoms. The molecule has 0 atom stereocenters. The lowest BCUT2D eigenvalue weighted by Gasteiger charge is -2.11. The molecule has 36 heavy (non-hydrogen) atoms. The molecule has 3 aromatic heterocycles. The maximum atomic E-state index is 12.9. The van der Waals surface area contributed by atoms with Gasteiger partial charge >= 0.3 is 5.97 Å². The molecule has 0 unspecified atom stereocenters. The number of hydrogen-bond donors (Lipinski definition) is 0. The van der Waals surface area contributed by atoms with Crippen LogP contribution in [0.15, 0.2) is 54.7 Å². The van der Waals surface area contributed by atoms with Crippen LogP contribution in [0.1, 0.15) is 40.2 Å². The second-order valence-electron chi connectivity index (χ2n) is 8.76. The Morgan fingerprint density at radius 2 is 1.81 bits per heavy atom. The summed E-state index contributed by atoms with van der Waals surface area (Å²) in [6.45, 7) is 4.07. The van der Waals surface area contributed by atoms with Crippen LogP contribution in [0.2, 0.25) is 0 Å². The molecular formula is C28H25N5O3. The van der Waals surface area contributed by atoms with Gasteiger partial charge in [0, 0.05) is 52.4 Å². The van der Waals surface area contributed by atoms with Crippen LogP contribution >= 0.6 is 0 Å². The Labute approximate surface area is 207 Å². The molecule has 0 spiro atoms. The standard InChI is InChI=1S/C28H25N5O3/c1-18-20(19(2)33-28(30-18)22-9-3-5-10-24(22)31-33)12-13-27(35)36-17-26(34)23-16-32(15-7-14-29)25-11-6-4-8-21(23)25/h3-6,8-11,16H,7,12-13,15,17H2,1-2H3. The Hall–Kier alpha value is -4.51. The number of hydrogen-bond acceptors (Lipinski definition) is 6. The van der Waals surface area contributed by atoms with Crippen LogP contribution in [0.5, 0.6) is 0 Å². The number of rotatable bonds is 8. The van der Waals surface area contributed by atoms with Gasteiger partial charge in [-0.3, -0.25) is 9.59 Å². The molecule has 0 bridgehead atoms. The summed E-state index contributed by atoms with van der Waals surface area (Å²) in [5.74, 6) is -0.713. The van der Waals surface area contributed by atoms with Crippen LogP contribution in [-0.4, -0.2) is 37.5 Å². The van der Waals surface area contributed by atoms with Crippen molar-refractivity contribution in [1.29, 1.82) is 5.26 Å². The van der Waals surface area contributed by atoms with Crippen LogP contribution in [0.4, 0.5) is 0 Å². The molecule has 2 aromatic carbocycles. The SMILES string of the molecule is Cc1nc2c3ccccc3nn2c(C)c1CCC(=O)OCC(=O)c1cn(CCC#N)c2ccccc12. The summed E-state index contributed by atoms with van der Waals surface area (Å²) in [6.07, 6.45) is 2.65. The number of ketones is 1. The summed E-state index contributed by atoms with van der Waals surface area (Å²) in [4.78, 5) is 30.2. The first-order valence-corrected chi connectivity index (χ1v) is 11.8. The quantitative estimate of drug-likeness (QED) is 0.236. The summed E-state index contributed by atoms with van der Waals surface area (Å²) in [5.41, 5.74) is 5.76. The van der Waals surface area contributed by atoms with Gasteiger partial charge in [-0.1, -0.05) is 30.3 Å². The third-order valence-corrected chi connectivity index (χ3v) is 6.51. The number of fused-ring (bicyclic) bond motifs is 4. The number of esters is 1. The fraction of sp³-hybridized carbons (Fsp3) is 0.250. The molecule has 0 N–H and O–H groups in total. The van der Waals surface area contributed by atoms with E-state index < -0.39 is 5.97 Å². The topological polar surface area (TPSA) is 102 Å². The number of aromatic nitrogens is 4. The first-order chi connectivity index (χ1) is 17.5. The molecule has 0 aliphatic carbocycles. The lowest BCUT2D eigenvalue weighted by molar-refractivity contribution is -0.142. The van der Waals surface area contributed by atoms with Crippen LogP contribution in [0, 0.1) is 25.2 Å². The third kappa shape index (κ3) is 4.20. The van der Waals surface area contributed by atoms with Gasteiger partial charge in [-0.25, -0.2) is 9.50 Å². The summed E-state index contributed by atoms with van der Waals surface area (Å²) in [6, 6.07) is 17.5. The summed E-state index contributed by atoms with van der Waals surface area (Å²) >= 11 is 0. The van der Waals surface area contributed by atoms with E-state index in [-0.39, 0.29) is 18.8 Å². The van der Waals surface area contributed by atoms with E-state index in [1.165, 1.54) is 0 Å². The highest BCUT2D eigenvalue weighted by molar-refractivity contribution is 6.09. The molecule has 8 nitrogen and oxygen atoms in total. The molecule has 5 aromatic rings. The maximum Gasteiger partial charge on any atom is 0.306 e. The number of carbonyl (C=O) groups is 2. The van der Waals surface area contributed by atoms with E-state index in [9.17, 15) is 9.59 Å². The highest BCUT2D eigenvalue weighted by Crippen LogP contribution is 2.24. The number of aryl methyl sites for hydroxylation is 3. The minimum Gasteiger partial charge on any atom is -0.457 e. The van der Waals surface area contributed by atoms with Gasteiger partial charge < -0.3 is 9.30 Å². The summed E-state index contributed by atoms with van der Waals surface area (Å²) in [5, 5.41) is 15.3. The van der Waals surface area contributed by atoms with Gasteiger partial charge in [-0.05, 0) is 44.0 Å². The Morgan fingerprint density at radius 3 is 2.61 bits per heavy atom. The molecule has 0 aliphatic rings. The van der Waals surface area contributed by atoms with Gasteiger partial charge in [0.05, 0.1) is 18.0 Å². The Morgan fingerprint density at radius 1 is 1.06 bits per heavy atom. The lowest BCUT2D eigenvalue weighted by atomic mass is 10.1. The van der Waals surface area contributed by atoms with Crippen molar-refractivity contribution < 1.29 is 14.3 Å². The number of para-hydroxylation sites is 1. The van der Waals surface area contributed by atoms with Crippen molar-refractivity contribution in [3.63, 3.8) is 0 Å². The number of nitrogens with zero attached hydrogens (tertiary/aromatic N) is 5. The largest absolute Gasteiger partial charge is 0.457 e. The maximum absolute atomic E-state index is 12.9. The third-order valence-electron chi connectivity index (χ3n) is 6.51. The van der Waals surface area contributed by atoms with Gasteiger partial charge in [0.25, 0.3) is 0 Å². The molecule has 0 saturated carbocycles. The average molecular weight is 480 g/mol. The first kappa shape index (κ1) is 23.2. The fourth-order valence-corrected chi connectivity index (χ4v) is 4.69. The van der Waals surface area contributed by atoms with Crippen LogP contribution in [0.25, 0.3) is 27.5 Å². The fourth-order valence-electron chi connectivity index (χ4n) is 4.69. The predicted octanol–water partition coefficient (Wildman–Crippen LogP) is 4.73. The predicted molar refractivity (Wildman–Crippen MR) is 136 cm³/mol. The average Bonchev–Trinajstić information content (AvgIpc) is 3.45. The molecule has 0 radical (unpaired) electrons. The molecule has 5 rings (SSSR count). The zero-order chi connectivity index (χ0) is 25.2. The van der Waals surface area contributed by atoms with Crippen molar-refractivity contribution in [2.45, 2.75) is 39.7 Å². The highest BCUT2D eigenvalue weighted by atomic mass is 16.5. The van der Waals surface area contributed by atoms with E-state index in [1.807, 2.05) is 71.5 Å². The van der Waals surface area contributed by atoms with Crippen LogP contribution < -0.4 is 0 Å². The highest BCUT2D eigenvalue weighted by Gasteiger charge is 2.18. The Kier molecular flexibility index (Phi) is 6.21. The van der Waals surface area contributed by atoms with Gasteiger partial charge in [-0.15, -0.1) is 0 Å². The van der Waals surface area contributed by atoms with Crippen molar-refractivity contribution >= 4 is 39.2 Å². The number of Topliss-reactive ketones (excluding diaryl/α,β-unsaturated/α-hetero) is 1. The summed E-state index contributed by atoms with van der Waals surface area (Å²) in [7, 11) is 0. The normalized spacial score (nSPS) is 11.2. The molecule has 0 saturated heterocycles. The zero-order valence-corrected chi connectivity index (χ0v) is 20.2. The molecule has 3 heterocycles. The van der Waals surface area contributed by atoms with Crippen molar-refractivity contribution in [2.24, 2.45) is 0 Å². The Bertz CT molecular complexity index is 1670. The molecular weight excluding hydrogens is 454 g/mol. The van der Waals surface area contributed by atoms with Crippen LogP contribution in [0.3, 0.4) is 0 Å². The minimum atomic E-state index is -0.443. The van der Waals surface area contributed by atoms with Crippen LogP contribution in [-0.2, 0) is 22.5 Å². The van der Waals surface area contributed by atoms with Crippen molar-refractivity contribution in [2.75, 3.05) is 6.61 Å². The van der Waals surface area contributed by atoms with E-state index in [2.05, 4.69) is 11.2 Å². The van der Waals surface area contributed by atoms with E-state index >= 15 is 0 Å². The molecule has 0 amide bonds. The second-order valence-corrected chi connectivity index (χ2v) is 8.76. The summed E-state index contributed by atoms with van der Waals surface area (Å²) < 4.78 is 9.05. The van der Waals surface area contributed by atoms with Gasteiger partial charge in [-0.2, -0.15) is 10.4 Å².